The van der Waals surface area contributed by atoms with Crippen LogP contribution in [-0.2, 0) is 4.79 Å². The number of para-hydroxylation sites is 1. The number of benzene rings is 2. The molecule has 1 N–H and O–H groups in total. The van der Waals surface area contributed by atoms with Gasteiger partial charge in [-0.05, 0) is 17.7 Å². The van der Waals surface area contributed by atoms with Crippen LogP contribution in [0.3, 0.4) is 0 Å². The Bertz CT molecular complexity index is 1230. The van der Waals surface area contributed by atoms with Crippen molar-refractivity contribution in [3.05, 3.63) is 94.9 Å². The van der Waals surface area contributed by atoms with Crippen LogP contribution >= 0.6 is 11.3 Å². The monoisotopic (exact) mass is 402 g/mol. The van der Waals surface area contributed by atoms with Gasteiger partial charge in [0.1, 0.15) is 5.58 Å². The van der Waals surface area contributed by atoms with Gasteiger partial charge in [0.25, 0.3) is 5.91 Å². The molecule has 1 aliphatic heterocycles. The van der Waals surface area contributed by atoms with Crippen LogP contribution in [0.5, 0.6) is 0 Å². The lowest BCUT2D eigenvalue weighted by atomic mass is 9.95. The highest BCUT2D eigenvalue weighted by molar-refractivity contribution is 7.13. The number of aliphatic hydroxyl groups excluding tert-OH is 1. The van der Waals surface area contributed by atoms with E-state index in [2.05, 4.69) is 4.98 Å². The van der Waals surface area contributed by atoms with E-state index >= 15 is 0 Å². The molecule has 142 valence electrons. The van der Waals surface area contributed by atoms with Gasteiger partial charge in [-0.3, -0.25) is 14.5 Å². The Kier molecular flexibility index (Phi) is 4.03. The van der Waals surface area contributed by atoms with Gasteiger partial charge in [0, 0.05) is 17.0 Å². The average Bonchev–Trinajstić information content (AvgIpc) is 3.47. The van der Waals surface area contributed by atoms with Crippen molar-refractivity contribution in [3.63, 3.8) is 0 Å². The molecule has 5 rings (SSSR count). The molecule has 6 nitrogen and oxygen atoms in total. The average molecular weight is 402 g/mol. The molecule has 7 heteroatoms. The van der Waals surface area contributed by atoms with Crippen LogP contribution in [0.4, 0.5) is 5.13 Å². The minimum Gasteiger partial charge on any atom is -0.503 e. The largest absolute Gasteiger partial charge is 0.503 e. The maximum absolute atomic E-state index is 13.4. The van der Waals surface area contributed by atoms with Gasteiger partial charge in [-0.1, -0.05) is 48.5 Å². The van der Waals surface area contributed by atoms with Crippen molar-refractivity contribution in [2.75, 3.05) is 4.90 Å². The van der Waals surface area contributed by atoms with Crippen LogP contribution < -0.4 is 4.90 Å². The van der Waals surface area contributed by atoms with Crippen molar-refractivity contribution >= 4 is 39.1 Å². The topological polar surface area (TPSA) is 83.6 Å². The Hall–Kier alpha value is -3.71. The lowest BCUT2D eigenvalue weighted by Crippen LogP contribution is -2.30. The van der Waals surface area contributed by atoms with Gasteiger partial charge in [-0.15, -0.1) is 11.3 Å². The van der Waals surface area contributed by atoms with Gasteiger partial charge >= 0.3 is 0 Å². The second-order valence-electron chi connectivity index (χ2n) is 6.54. The van der Waals surface area contributed by atoms with Gasteiger partial charge < -0.3 is 9.52 Å². The number of amides is 1. The third kappa shape index (κ3) is 2.75. The third-order valence-electron chi connectivity index (χ3n) is 4.84. The van der Waals surface area contributed by atoms with E-state index in [0.29, 0.717) is 16.3 Å². The molecule has 1 amide bonds. The number of aromatic nitrogens is 1. The van der Waals surface area contributed by atoms with Gasteiger partial charge in [-0.25, -0.2) is 4.98 Å². The van der Waals surface area contributed by atoms with E-state index in [0.717, 1.165) is 5.39 Å². The smallest absolute Gasteiger partial charge is 0.296 e. The lowest BCUT2D eigenvalue weighted by molar-refractivity contribution is -0.117. The minimum atomic E-state index is -0.796. The number of carbonyl (C=O) groups excluding carboxylic acids is 2. The maximum Gasteiger partial charge on any atom is 0.296 e. The number of aliphatic hydroxyl groups is 1. The zero-order chi connectivity index (χ0) is 20.0. The second-order valence-corrected chi connectivity index (χ2v) is 7.42. The molecule has 0 radical (unpaired) electrons. The summed E-state index contributed by atoms with van der Waals surface area (Å²) < 4.78 is 5.70. The van der Waals surface area contributed by atoms with Crippen LogP contribution in [0.25, 0.3) is 11.0 Å². The number of fused-ring (bicyclic) bond motifs is 1. The predicted molar refractivity (Wildman–Crippen MR) is 109 cm³/mol. The van der Waals surface area contributed by atoms with E-state index in [9.17, 15) is 14.7 Å². The van der Waals surface area contributed by atoms with E-state index in [4.69, 9.17) is 4.42 Å². The highest BCUT2D eigenvalue weighted by atomic mass is 32.1. The van der Waals surface area contributed by atoms with E-state index in [1.807, 2.05) is 48.5 Å². The van der Waals surface area contributed by atoms with Crippen LogP contribution in [-0.4, -0.2) is 21.8 Å². The molecule has 0 spiro atoms. The Balaban J connectivity index is 1.66. The first-order valence-corrected chi connectivity index (χ1v) is 9.77. The molecular weight excluding hydrogens is 388 g/mol. The summed E-state index contributed by atoms with van der Waals surface area (Å²) in [5, 5.41) is 13.6. The number of Topliss-reactive ketones (excluding diaryl/α,β-unsaturated/α-hetero) is 1. The Morgan fingerprint density at radius 2 is 1.86 bits per heavy atom. The van der Waals surface area contributed by atoms with Gasteiger partial charge in [0.15, 0.2) is 16.7 Å². The van der Waals surface area contributed by atoms with Crippen molar-refractivity contribution in [2.24, 2.45) is 0 Å². The molecule has 0 saturated carbocycles. The fourth-order valence-electron chi connectivity index (χ4n) is 3.55. The number of carbonyl (C=O) groups is 2. The molecule has 0 fully saturated rings. The van der Waals surface area contributed by atoms with Crippen molar-refractivity contribution in [1.82, 2.24) is 4.98 Å². The summed E-state index contributed by atoms with van der Waals surface area (Å²) in [6.45, 7) is 0. The third-order valence-corrected chi connectivity index (χ3v) is 5.61. The molecular formula is C22H14N2O4S. The molecule has 1 atom stereocenters. The summed E-state index contributed by atoms with van der Waals surface area (Å²) >= 11 is 1.26. The quantitative estimate of drug-likeness (QED) is 0.502. The van der Waals surface area contributed by atoms with Gasteiger partial charge in [0.05, 0.1) is 11.6 Å². The zero-order valence-corrected chi connectivity index (χ0v) is 15.8. The fourth-order valence-corrected chi connectivity index (χ4v) is 4.21. The number of ketones is 1. The van der Waals surface area contributed by atoms with Gasteiger partial charge in [-0.2, -0.15) is 0 Å². The SMILES string of the molecule is O=C(C1=C(O)C(=O)N(c2nccs2)[C@@H]1c1ccccc1)c1cc2ccccc2o1. The molecule has 0 aliphatic carbocycles. The van der Waals surface area contributed by atoms with Crippen molar-refractivity contribution in [2.45, 2.75) is 6.04 Å². The zero-order valence-electron chi connectivity index (χ0n) is 15.0. The van der Waals surface area contributed by atoms with Crippen LogP contribution in [0.15, 0.2) is 88.0 Å². The van der Waals surface area contributed by atoms with Gasteiger partial charge in [0.2, 0.25) is 5.78 Å². The molecule has 2 aromatic heterocycles. The normalized spacial score (nSPS) is 16.8. The summed E-state index contributed by atoms with van der Waals surface area (Å²) in [5.41, 5.74) is 1.24. The minimum absolute atomic E-state index is 0.0181. The molecule has 0 unspecified atom stereocenters. The number of thiazole rings is 1. The molecule has 1 aliphatic rings. The molecule has 3 heterocycles. The van der Waals surface area contributed by atoms with Crippen molar-refractivity contribution in [3.8, 4) is 0 Å². The molecule has 0 saturated heterocycles. The number of nitrogens with zero attached hydrogens (tertiary/aromatic N) is 2. The number of anilines is 1. The molecule has 4 aromatic rings. The molecule has 0 bridgehead atoms. The predicted octanol–water partition coefficient (Wildman–Crippen LogP) is 4.67. The number of rotatable bonds is 4. The Morgan fingerprint density at radius 1 is 1.10 bits per heavy atom. The highest BCUT2D eigenvalue weighted by Gasteiger charge is 2.46. The van der Waals surface area contributed by atoms with E-state index in [1.165, 1.54) is 16.2 Å². The fraction of sp³-hybridized carbons (Fsp3) is 0.0455. The summed E-state index contributed by atoms with van der Waals surface area (Å²) in [7, 11) is 0. The maximum atomic E-state index is 13.4. The standard InChI is InChI=1S/C22H14N2O4S/c25-19(16-12-14-8-4-5-9-15(14)28-16)17-18(13-6-2-1-3-7-13)24(21(27)20(17)26)22-23-10-11-29-22/h1-12,18,26H/t18-/m1/s1. The van der Waals surface area contributed by atoms with E-state index in [1.54, 1.807) is 23.7 Å². The number of hydrogen-bond donors (Lipinski definition) is 1. The summed E-state index contributed by atoms with van der Waals surface area (Å²) in [4.78, 5) is 31.8. The lowest BCUT2D eigenvalue weighted by Gasteiger charge is -2.24. The first-order valence-electron chi connectivity index (χ1n) is 8.89. The van der Waals surface area contributed by atoms with Crippen LogP contribution in [0.2, 0.25) is 0 Å². The Labute approximate surface area is 169 Å². The highest BCUT2D eigenvalue weighted by Crippen LogP contribution is 2.42. The van der Waals surface area contributed by atoms with Crippen LogP contribution in [0.1, 0.15) is 22.2 Å². The van der Waals surface area contributed by atoms with Crippen LogP contribution in [0, 0.1) is 0 Å². The van der Waals surface area contributed by atoms with Crippen molar-refractivity contribution in [1.29, 1.82) is 0 Å². The van der Waals surface area contributed by atoms with E-state index < -0.39 is 23.5 Å². The molecule has 29 heavy (non-hydrogen) atoms. The summed E-state index contributed by atoms with van der Waals surface area (Å²) in [6, 6.07) is 17.2. The first-order chi connectivity index (χ1) is 14.1. The second kappa shape index (κ2) is 6.72. The summed E-state index contributed by atoms with van der Waals surface area (Å²) in [6.07, 6.45) is 1.57. The Morgan fingerprint density at radius 3 is 2.59 bits per heavy atom. The summed E-state index contributed by atoms with van der Waals surface area (Å²) in [5.74, 6) is -1.70. The van der Waals surface area contributed by atoms with E-state index in [-0.39, 0.29) is 11.3 Å². The first kappa shape index (κ1) is 17.4. The molecule has 2 aromatic carbocycles. The number of furan rings is 1. The number of hydrogen-bond acceptors (Lipinski definition) is 6. The van der Waals surface area contributed by atoms with Crippen molar-refractivity contribution < 1.29 is 19.1 Å².